The first-order valence-corrected chi connectivity index (χ1v) is 16.0. The van der Waals surface area contributed by atoms with E-state index >= 15 is 0 Å². The van der Waals surface area contributed by atoms with Crippen molar-refractivity contribution in [3.63, 3.8) is 0 Å². The summed E-state index contributed by atoms with van der Waals surface area (Å²) in [6.45, 7) is 0. The van der Waals surface area contributed by atoms with Crippen molar-refractivity contribution in [1.82, 2.24) is 4.98 Å². The molecule has 0 saturated heterocycles. The van der Waals surface area contributed by atoms with Crippen molar-refractivity contribution in [2.75, 3.05) is 32.4 Å². The van der Waals surface area contributed by atoms with Gasteiger partial charge in [0.1, 0.15) is 0 Å². The number of hydrogen-bond acceptors (Lipinski definition) is 9. The molecule has 0 aliphatic carbocycles. The van der Waals surface area contributed by atoms with Gasteiger partial charge in [0.2, 0.25) is 40.1 Å². The Balaban J connectivity index is 0.00000385. The van der Waals surface area contributed by atoms with Crippen LogP contribution in [0.15, 0.2) is 42.5 Å². The number of pyridine rings is 1. The van der Waals surface area contributed by atoms with Gasteiger partial charge in [0.05, 0.1) is 47.4 Å². The molecule has 11 nitrogen and oxygen atoms in total. The summed E-state index contributed by atoms with van der Waals surface area (Å²) in [5.74, 6) is 0. The van der Waals surface area contributed by atoms with Crippen molar-refractivity contribution in [3.8, 4) is 0 Å². The van der Waals surface area contributed by atoms with Crippen LogP contribution in [-0.2, 0) is 40.1 Å². The summed E-state index contributed by atoms with van der Waals surface area (Å²) in [7, 11) is -16.7. The molecule has 2 aromatic carbocycles. The van der Waals surface area contributed by atoms with E-state index in [2.05, 4.69) is 4.98 Å². The Morgan fingerprint density at radius 3 is 1.64 bits per heavy atom. The third-order valence-electron chi connectivity index (χ3n) is 4.23. The van der Waals surface area contributed by atoms with E-state index in [0.29, 0.717) is 9.10 Å². The van der Waals surface area contributed by atoms with Gasteiger partial charge in [-0.25, -0.2) is 38.7 Å². The van der Waals surface area contributed by atoms with E-state index in [-0.39, 0.29) is 43.9 Å². The van der Waals surface area contributed by atoms with Crippen LogP contribution in [0.5, 0.6) is 0 Å². The molecule has 0 bridgehead atoms. The van der Waals surface area contributed by atoms with Gasteiger partial charge in [0.25, 0.3) is 0 Å². The quantitative estimate of drug-likeness (QED) is 0.407. The minimum atomic E-state index is -4.19. The predicted octanol–water partition coefficient (Wildman–Crippen LogP) is 1.26. The van der Waals surface area contributed by atoms with Gasteiger partial charge in [-0.05, 0) is 30.3 Å². The minimum Gasteiger partial charge on any atom is -0.248 e. The highest BCUT2D eigenvalue weighted by atomic mass is 35.5. The summed E-state index contributed by atoms with van der Waals surface area (Å²) in [6, 6.07) is 9.66. The van der Waals surface area contributed by atoms with E-state index in [1.807, 2.05) is 0 Å². The molecule has 3 aromatic rings. The molecule has 16 heteroatoms. The number of benzene rings is 2. The average Bonchev–Trinajstić information content (AvgIpc) is 2.55. The Bertz CT molecular complexity index is 1620. The molecule has 0 radical (unpaired) electrons. The number of nitrogens with zero attached hydrogens (tertiary/aromatic N) is 3. The van der Waals surface area contributed by atoms with Crippen LogP contribution in [0.1, 0.15) is 0 Å². The number of hydrogen-bond donors (Lipinski definition) is 0. The van der Waals surface area contributed by atoms with Crippen LogP contribution in [0.2, 0.25) is 0 Å². The van der Waals surface area contributed by atoms with Crippen molar-refractivity contribution < 1.29 is 33.7 Å². The summed E-state index contributed by atoms with van der Waals surface area (Å²) in [5.41, 5.74) is 0.156. The summed E-state index contributed by atoms with van der Waals surface area (Å²) < 4.78 is 97.5. The second-order valence-electron chi connectivity index (χ2n) is 7.16. The van der Waals surface area contributed by atoms with Gasteiger partial charge >= 0.3 is 0 Å². The number of halogens is 1. The van der Waals surface area contributed by atoms with E-state index in [4.69, 9.17) is 0 Å². The maximum Gasteiger partial charge on any atom is 0.245 e. The lowest BCUT2D eigenvalue weighted by atomic mass is 10.1. The van der Waals surface area contributed by atoms with Crippen LogP contribution in [0.3, 0.4) is 0 Å². The molecule has 3 rings (SSSR count). The fourth-order valence-electron chi connectivity index (χ4n) is 3.33. The number of fused-ring (bicyclic) bond motifs is 2. The van der Waals surface area contributed by atoms with Gasteiger partial charge in [0, 0.05) is 10.8 Å². The summed E-state index contributed by atoms with van der Waals surface area (Å²) in [5, 5.41) is 0.615. The molecule has 0 unspecified atom stereocenters. The Labute approximate surface area is 198 Å². The molecule has 1 aromatic heterocycles. The first-order valence-electron chi connectivity index (χ1n) is 8.65. The van der Waals surface area contributed by atoms with Crippen LogP contribution in [-0.4, -0.2) is 63.7 Å². The Kier molecular flexibility index (Phi) is 7.00. The van der Waals surface area contributed by atoms with Crippen LogP contribution >= 0.6 is 12.4 Å². The highest BCUT2D eigenvalue weighted by molar-refractivity contribution is 8.10. The Morgan fingerprint density at radius 2 is 1.15 bits per heavy atom. The number of sulfonamides is 4. The fourth-order valence-corrected chi connectivity index (χ4v) is 9.29. The second kappa shape index (κ2) is 8.54. The van der Waals surface area contributed by atoms with E-state index in [0.717, 1.165) is 25.0 Å². The molecule has 182 valence electrons. The topological polar surface area (TPSA) is 156 Å². The lowest BCUT2D eigenvalue weighted by Crippen LogP contribution is -2.35. The first kappa shape index (κ1) is 27.0. The van der Waals surface area contributed by atoms with Crippen molar-refractivity contribution >= 4 is 85.7 Å². The lowest BCUT2D eigenvalue weighted by molar-refractivity contribution is 0.587. The van der Waals surface area contributed by atoms with Gasteiger partial charge in [-0.3, -0.25) is 0 Å². The average molecular weight is 558 g/mol. The second-order valence-corrected chi connectivity index (χ2v) is 14.9. The molecule has 0 fully saturated rings. The van der Waals surface area contributed by atoms with E-state index in [1.165, 1.54) is 42.5 Å². The molecule has 0 atom stereocenters. The van der Waals surface area contributed by atoms with Crippen molar-refractivity contribution in [2.45, 2.75) is 0 Å². The maximum atomic E-state index is 12.2. The van der Waals surface area contributed by atoms with Gasteiger partial charge in [-0.1, -0.05) is 12.1 Å². The number of rotatable bonds is 6. The Morgan fingerprint density at radius 1 is 0.636 bits per heavy atom. The molecular formula is C17H20ClN3O8S4. The lowest BCUT2D eigenvalue weighted by Gasteiger charge is -2.22. The monoisotopic (exact) mass is 557 g/mol. The third-order valence-corrected chi connectivity index (χ3v) is 10.7. The molecule has 0 amide bonds. The van der Waals surface area contributed by atoms with Crippen molar-refractivity contribution in [3.05, 3.63) is 42.5 Å². The number of aromatic nitrogens is 1. The van der Waals surface area contributed by atoms with Crippen LogP contribution in [0, 0.1) is 0 Å². The predicted molar refractivity (Wildman–Crippen MR) is 131 cm³/mol. The molecular weight excluding hydrogens is 538 g/mol. The first-order chi connectivity index (χ1) is 14.4. The third kappa shape index (κ3) is 5.48. The number of anilines is 2. The summed E-state index contributed by atoms with van der Waals surface area (Å²) in [4.78, 5) is 4.36. The zero-order valence-electron chi connectivity index (χ0n) is 17.7. The van der Waals surface area contributed by atoms with E-state index < -0.39 is 40.1 Å². The van der Waals surface area contributed by atoms with Crippen LogP contribution < -0.4 is 7.42 Å². The molecule has 33 heavy (non-hydrogen) atoms. The zero-order chi connectivity index (χ0) is 24.3. The smallest absolute Gasteiger partial charge is 0.245 e. The van der Waals surface area contributed by atoms with E-state index in [1.54, 1.807) is 0 Å². The summed E-state index contributed by atoms with van der Waals surface area (Å²) in [6.07, 6.45) is 3.03. The fraction of sp³-hybridized carbons (Fsp3) is 0.235. The maximum absolute atomic E-state index is 12.2. The van der Waals surface area contributed by atoms with Gasteiger partial charge < -0.3 is 0 Å². The zero-order valence-corrected chi connectivity index (χ0v) is 21.8. The van der Waals surface area contributed by atoms with Gasteiger partial charge in [-0.2, -0.15) is 7.42 Å². The Hall–Kier alpha value is -2.20. The molecule has 0 saturated carbocycles. The van der Waals surface area contributed by atoms with Crippen LogP contribution in [0.4, 0.5) is 11.4 Å². The highest BCUT2D eigenvalue weighted by Gasteiger charge is 2.30. The largest absolute Gasteiger partial charge is 0.248 e. The molecule has 0 aliphatic rings. The van der Waals surface area contributed by atoms with Crippen molar-refractivity contribution in [1.29, 1.82) is 0 Å². The van der Waals surface area contributed by atoms with Gasteiger partial charge in [0.15, 0.2) is 0 Å². The summed E-state index contributed by atoms with van der Waals surface area (Å²) >= 11 is 0. The molecule has 0 N–H and O–H groups in total. The highest BCUT2D eigenvalue weighted by Crippen LogP contribution is 2.33. The SMILES string of the molecule is CS(=O)(=O)N(c1ccc2cc3c(N(S(C)(=O)=O)S(C)(=O)=O)cccc3nc2c1)S(C)(=O)=O.Cl. The van der Waals surface area contributed by atoms with Gasteiger partial charge in [-0.15, -0.1) is 12.4 Å². The normalized spacial score (nSPS) is 13.0. The molecule has 1 heterocycles. The van der Waals surface area contributed by atoms with E-state index in [9.17, 15) is 33.7 Å². The standard InChI is InChI=1S/C17H19N3O8S4.ClH/c1-29(21,22)19(30(2,23)24)13-9-8-12-10-14-15(18-16(12)11-13)6-5-7-17(14)20(31(3,25)26)32(4,27)28;/h5-11H,1-4H3;1H. The minimum absolute atomic E-state index is 0. The molecule has 0 spiro atoms. The van der Waals surface area contributed by atoms with Crippen LogP contribution in [0.25, 0.3) is 21.8 Å². The molecule has 0 aliphatic heterocycles. The van der Waals surface area contributed by atoms with Crippen molar-refractivity contribution in [2.24, 2.45) is 0 Å².